The minimum Gasteiger partial charge on any atom is -0.394 e. The van der Waals surface area contributed by atoms with Gasteiger partial charge in [-0.1, -0.05) is 5.16 Å². The summed E-state index contributed by atoms with van der Waals surface area (Å²) >= 11 is 0. The largest absolute Gasteiger partial charge is 0.394 e. The lowest BCUT2D eigenvalue weighted by molar-refractivity contribution is 0.195. The minimum atomic E-state index is -0.701. The lowest BCUT2D eigenvalue weighted by Gasteiger charge is -2.18. The van der Waals surface area contributed by atoms with Gasteiger partial charge in [0.25, 0.3) is 0 Å². The van der Waals surface area contributed by atoms with Crippen molar-refractivity contribution in [3.05, 3.63) is 11.8 Å². The van der Waals surface area contributed by atoms with Crippen molar-refractivity contribution in [3.63, 3.8) is 0 Å². The van der Waals surface area contributed by atoms with E-state index in [1.807, 2.05) is 0 Å². The van der Waals surface area contributed by atoms with Crippen LogP contribution >= 0.6 is 0 Å². The molecule has 0 aliphatic carbocycles. The highest BCUT2D eigenvalue weighted by molar-refractivity contribution is 5.73. The summed E-state index contributed by atoms with van der Waals surface area (Å²) < 4.78 is 4.80. The SMILES string of the molecule is Cc1cc(NN(CCO)C(N)=O)on1. The van der Waals surface area contributed by atoms with Gasteiger partial charge in [-0.2, -0.15) is 0 Å². The van der Waals surface area contributed by atoms with Crippen LogP contribution in [0.4, 0.5) is 10.7 Å². The molecule has 0 aliphatic heterocycles. The van der Waals surface area contributed by atoms with E-state index in [9.17, 15) is 4.79 Å². The normalized spacial score (nSPS) is 9.86. The van der Waals surface area contributed by atoms with Gasteiger partial charge in [0.05, 0.1) is 18.8 Å². The second-order valence-corrected chi connectivity index (χ2v) is 2.66. The van der Waals surface area contributed by atoms with Crippen molar-refractivity contribution in [2.24, 2.45) is 5.73 Å². The van der Waals surface area contributed by atoms with Gasteiger partial charge in [-0.3, -0.25) is 5.43 Å². The number of hydrogen-bond acceptors (Lipinski definition) is 5. The summed E-state index contributed by atoms with van der Waals surface area (Å²) in [6.07, 6.45) is 0. The summed E-state index contributed by atoms with van der Waals surface area (Å²) in [7, 11) is 0. The van der Waals surface area contributed by atoms with Crippen LogP contribution in [-0.2, 0) is 0 Å². The summed E-state index contributed by atoms with van der Waals surface area (Å²) in [6.45, 7) is 1.63. The van der Waals surface area contributed by atoms with Crippen molar-refractivity contribution in [3.8, 4) is 0 Å². The fourth-order valence-electron chi connectivity index (χ4n) is 0.870. The maximum absolute atomic E-state index is 10.8. The number of hydrogen-bond donors (Lipinski definition) is 3. The Hall–Kier alpha value is -1.76. The average molecular weight is 200 g/mol. The number of nitrogens with zero attached hydrogens (tertiary/aromatic N) is 2. The Kier molecular flexibility index (Phi) is 3.29. The van der Waals surface area contributed by atoms with Crippen molar-refractivity contribution >= 4 is 11.9 Å². The van der Waals surface area contributed by atoms with Gasteiger partial charge in [-0.15, -0.1) is 0 Å². The summed E-state index contributed by atoms with van der Waals surface area (Å²) in [5.74, 6) is 0.301. The molecule has 7 heteroatoms. The van der Waals surface area contributed by atoms with Crippen molar-refractivity contribution in [2.45, 2.75) is 6.92 Å². The van der Waals surface area contributed by atoms with Crippen LogP contribution in [0.25, 0.3) is 0 Å². The molecule has 0 atom stereocenters. The van der Waals surface area contributed by atoms with Gasteiger partial charge in [0.1, 0.15) is 0 Å². The Balaban J connectivity index is 2.59. The summed E-state index contributed by atoms with van der Waals surface area (Å²) in [4.78, 5) is 10.8. The van der Waals surface area contributed by atoms with Gasteiger partial charge in [0, 0.05) is 6.07 Å². The van der Waals surface area contributed by atoms with E-state index in [-0.39, 0.29) is 13.2 Å². The molecular weight excluding hydrogens is 188 g/mol. The molecule has 0 bridgehead atoms. The number of carbonyl (C=O) groups is 1. The first kappa shape index (κ1) is 10.3. The second-order valence-electron chi connectivity index (χ2n) is 2.66. The van der Waals surface area contributed by atoms with Crippen molar-refractivity contribution in [1.29, 1.82) is 0 Å². The Labute approximate surface area is 80.4 Å². The summed E-state index contributed by atoms with van der Waals surface area (Å²) in [6, 6.07) is 0.904. The highest BCUT2D eigenvalue weighted by atomic mass is 16.5. The standard InChI is InChI=1S/C7H12N4O3/c1-5-4-6(14-10-5)9-11(2-3-12)7(8)13/h4,9,12H,2-3H2,1H3,(H2,8,13). The minimum absolute atomic E-state index is 0.0785. The Morgan fingerprint density at radius 1 is 1.86 bits per heavy atom. The van der Waals surface area contributed by atoms with E-state index in [1.54, 1.807) is 13.0 Å². The number of rotatable bonds is 4. The zero-order valence-electron chi connectivity index (χ0n) is 7.73. The zero-order valence-corrected chi connectivity index (χ0v) is 7.73. The predicted octanol–water partition coefficient (Wildman–Crippen LogP) is -0.317. The van der Waals surface area contributed by atoms with Crippen LogP contribution in [0.15, 0.2) is 10.6 Å². The summed E-state index contributed by atoms with van der Waals surface area (Å²) in [5.41, 5.74) is 8.28. The van der Waals surface area contributed by atoms with Crippen LogP contribution in [-0.4, -0.2) is 34.5 Å². The smallest absolute Gasteiger partial charge is 0.333 e. The number of hydrazine groups is 1. The molecular formula is C7H12N4O3. The van der Waals surface area contributed by atoms with E-state index in [0.717, 1.165) is 5.01 Å². The Bertz CT molecular complexity index is 312. The lowest BCUT2D eigenvalue weighted by Crippen LogP contribution is -2.41. The van der Waals surface area contributed by atoms with Crippen LogP contribution < -0.4 is 11.2 Å². The molecule has 0 fully saturated rings. The first-order valence-corrected chi connectivity index (χ1v) is 4.01. The second kappa shape index (κ2) is 4.47. The van der Waals surface area contributed by atoms with Gasteiger partial charge in [0.2, 0.25) is 5.88 Å². The van der Waals surface area contributed by atoms with Gasteiger partial charge in [-0.05, 0) is 6.92 Å². The maximum Gasteiger partial charge on any atom is 0.333 e. The van der Waals surface area contributed by atoms with Crippen molar-refractivity contribution in [2.75, 3.05) is 18.6 Å². The Morgan fingerprint density at radius 2 is 2.57 bits per heavy atom. The average Bonchev–Trinajstić information content (AvgIpc) is 2.50. The third-order valence-corrected chi connectivity index (χ3v) is 1.46. The van der Waals surface area contributed by atoms with E-state index in [2.05, 4.69) is 10.6 Å². The highest BCUT2D eigenvalue weighted by Gasteiger charge is 2.10. The third kappa shape index (κ3) is 2.63. The van der Waals surface area contributed by atoms with Crippen LogP contribution in [0.1, 0.15) is 5.69 Å². The lowest BCUT2D eigenvalue weighted by atomic mass is 10.5. The molecule has 0 saturated carbocycles. The van der Waals surface area contributed by atoms with Crippen LogP contribution in [0.2, 0.25) is 0 Å². The molecule has 7 nitrogen and oxygen atoms in total. The number of nitrogens with two attached hydrogens (primary N) is 1. The number of primary amides is 1. The van der Waals surface area contributed by atoms with E-state index in [1.165, 1.54) is 0 Å². The molecule has 1 heterocycles. The monoisotopic (exact) mass is 200 g/mol. The van der Waals surface area contributed by atoms with Gasteiger partial charge in [0.15, 0.2) is 0 Å². The Morgan fingerprint density at radius 3 is 3.00 bits per heavy atom. The molecule has 78 valence electrons. The van der Waals surface area contributed by atoms with Gasteiger partial charge < -0.3 is 15.4 Å². The number of urea groups is 1. The number of nitrogens with one attached hydrogen (secondary N) is 1. The number of amides is 2. The molecule has 14 heavy (non-hydrogen) atoms. The molecule has 0 spiro atoms. The van der Waals surface area contributed by atoms with Crippen LogP contribution in [0.3, 0.4) is 0 Å². The molecule has 0 radical (unpaired) electrons. The van der Waals surface area contributed by atoms with Crippen molar-refractivity contribution in [1.82, 2.24) is 10.2 Å². The van der Waals surface area contributed by atoms with Gasteiger partial charge in [-0.25, -0.2) is 9.80 Å². The quantitative estimate of drug-likeness (QED) is 0.578. The number of carbonyl (C=O) groups excluding carboxylic acids is 1. The fraction of sp³-hybridized carbons (Fsp3) is 0.429. The van der Waals surface area contributed by atoms with Crippen LogP contribution in [0, 0.1) is 6.92 Å². The number of anilines is 1. The molecule has 0 aromatic carbocycles. The third-order valence-electron chi connectivity index (χ3n) is 1.46. The van der Waals surface area contributed by atoms with Gasteiger partial charge >= 0.3 is 6.03 Å². The molecule has 0 saturated heterocycles. The molecule has 1 aromatic rings. The highest BCUT2D eigenvalue weighted by Crippen LogP contribution is 2.08. The molecule has 0 unspecified atom stereocenters. The topological polar surface area (TPSA) is 105 Å². The molecule has 4 N–H and O–H groups in total. The fourth-order valence-corrected chi connectivity index (χ4v) is 0.870. The number of aryl methyl sites for hydroxylation is 1. The molecule has 2 amide bonds. The molecule has 1 aromatic heterocycles. The van der Waals surface area contributed by atoms with E-state index >= 15 is 0 Å². The van der Waals surface area contributed by atoms with E-state index < -0.39 is 6.03 Å². The van der Waals surface area contributed by atoms with Crippen LogP contribution in [0.5, 0.6) is 0 Å². The summed E-state index contributed by atoms with van der Waals surface area (Å²) in [5, 5.41) is 13.3. The number of aliphatic hydroxyl groups is 1. The predicted molar refractivity (Wildman–Crippen MR) is 48.2 cm³/mol. The molecule has 1 rings (SSSR count). The first-order valence-electron chi connectivity index (χ1n) is 4.01. The van der Waals surface area contributed by atoms with Crippen molar-refractivity contribution < 1.29 is 14.4 Å². The first-order chi connectivity index (χ1) is 6.63. The van der Waals surface area contributed by atoms with E-state index in [4.69, 9.17) is 15.4 Å². The number of aliphatic hydroxyl groups excluding tert-OH is 1. The molecule has 0 aliphatic rings. The maximum atomic E-state index is 10.8. The number of aromatic nitrogens is 1. The zero-order chi connectivity index (χ0) is 10.6. The van der Waals surface area contributed by atoms with E-state index in [0.29, 0.717) is 11.6 Å².